The van der Waals surface area contributed by atoms with Gasteiger partial charge in [-0.1, -0.05) is 30.3 Å². The molecule has 1 N–H and O–H groups in total. The van der Waals surface area contributed by atoms with E-state index in [0.29, 0.717) is 0 Å². The van der Waals surface area contributed by atoms with Crippen molar-refractivity contribution in [2.75, 3.05) is 0 Å². The summed E-state index contributed by atoms with van der Waals surface area (Å²) in [6.45, 7) is 5.88. The summed E-state index contributed by atoms with van der Waals surface area (Å²) in [5.74, 6) is 0. The molecule has 0 spiro atoms. The smallest absolute Gasteiger partial charge is 0.136 e. The second kappa shape index (κ2) is 7.59. The second-order valence-corrected chi connectivity index (χ2v) is 8.96. The van der Waals surface area contributed by atoms with Crippen molar-refractivity contribution in [1.29, 1.82) is 0 Å². The van der Waals surface area contributed by atoms with Crippen molar-refractivity contribution in [3.63, 3.8) is 0 Å². The van der Waals surface area contributed by atoms with Crippen LogP contribution in [0.4, 0.5) is 0 Å². The first-order chi connectivity index (χ1) is 10.4. The van der Waals surface area contributed by atoms with Crippen LogP contribution in [0, 0.1) is 0 Å². The first-order valence-corrected chi connectivity index (χ1v) is 9.14. The van der Waals surface area contributed by atoms with E-state index in [2.05, 4.69) is 37.8 Å². The lowest BCUT2D eigenvalue weighted by molar-refractivity contribution is 0.518. The number of halogens is 1. The van der Waals surface area contributed by atoms with Crippen LogP contribution in [0.5, 0.6) is 0 Å². The number of aromatic nitrogens is 1. The molecule has 2 atom stereocenters. The Bertz CT molecular complexity index is 601. The van der Waals surface area contributed by atoms with Crippen LogP contribution in [0.25, 0.3) is 0 Å². The molecule has 2 rings (SSSR count). The Kier molecular flexibility index (Phi) is 6.03. The molecule has 2 aromatic rings. The molecule has 0 saturated carbocycles. The van der Waals surface area contributed by atoms with Gasteiger partial charge in [-0.25, -0.2) is 0 Å². The van der Waals surface area contributed by atoms with Crippen molar-refractivity contribution in [2.24, 2.45) is 0 Å². The Hall–Kier alpha value is -0.880. The Morgan fingerprint density at radius 2 is 1.86 bits per heavy atom. The van der Waals surface area contributed by atoms with E-state index < -0.39 is 11.4 Å². The van der Waals surface area contributed by atoms with Gasteiger partial charge in [0.05, 0.1) is 11.7 Å². The van der Waals surface area contributed by atoms with Crippen LogP contribution < -0.4 is 4.72 Å². The molecule has 0 aliphatic heterocycles. The molecule has 1 heterocycles. The molecule has 0 aliphatic carbocycles. The molecule has 0 fully saturated rings. The van der Waals surface area contributed by atoms with E-state index in [1.807, 2.05) is 51.1 Å². The zero-order chi connectivity index (χ0) is 16.2. The third kappa shape index (κ3) is 4.81. The Balaban J connectivity index is 2.27. The van der Waals surface area contributed by atoms with Gasteiger partial charge in [-0.15, -0.1) is 4.72 Å². The monoisotopic (exact) mass is 380 g/mol. The number of nitrogens with zero attached hydrogens (tertiary/aromatic N) is 1. The van der Waals surface area contributed by atoms with Crippen molar-refractivity contribution < 1.29 is 4.55 Å². The predicted octanol–water partition coefficient (Wildman–Crippen LogP) is 4.18. The zero-order valence-corrected chi connectivity index (χ0v) is 15.4. The zero-order valence-electron chi connectivity index (χ0n) is 13.0. The largest absolute Gasteiger partial charge is 0.598 e. The number of hydrogen-bond acceptors (Lipinski definition) is 3. The van der Waals surface area contributed by atoms with E-state index in [4.69, 9.17) is 0 Å². The highest BCUT2D eigenvalue weighted by Gasteiger charge is 2.31. The van der Waals surface area contributed by atoms with Crippen molar-refractivity contribution in [1.82, 2.24) is 9.71 Å². The quantitative estimate of drug-likeness (QED) is 0.791. The number of rotatable bonds is 5. The molecule has 22 heavy (non-hydrogen) atoms. The maximum atomic E-state index is 12.5. The fourth-order valence-corrected chi connectivity index (χ4v) is 3.34. The summed E-state index contributed by atoms with van der Waals surface area (Å²) in [4.78, 5) is 4.47. The predicted molar refractivity (Wildman–Crippen MR) is 95.9 cm³/mol. The van der Waals surface area contributed by atoms with Gasteiger partial charge in [-0.3, -0.25) is 4.98 Å². The van der Waals surface area contributed by atoms with Gasteiger partial charge in [0.25, 0.3) is 0 Å². The highest BCUT2D eigenvalue weighted by molar-refractivity contribution is 9.10. The van der Waals surface area contributed by atoms with Crippen molar-refractivity contribution in [2.45, 2.75) is 38.0 Å². The molecule has 3 nitrogen and oxygen atoms in total. The van der Waals surface area contributed by atoms with Crippen LogP contribution in [0.15, 0.2) is 53.1 Å². The summed E-state index contributed by atoms with van der Waals surface area (Å²) in [7, 11) is 0. The van der Waals surface area contributed by atoms with Crippen molar-refractivity contribution in [3.05, 3.63) is 64.4 Å². The van der Waals surface area contributed by atoms with E-state index >= 15 is 0 Å². The van der Waals surface area contributed by atoms with E-state index in [1.165, 1.54) is 5.56 Å². The summed E-state index contributed by atoms with van der Waals surface area (Å²) in [5.41, 5.74) is 2.06. The average molecular weight is 381 g/mol. The third-order valence-corrected chi connectivity index (χ3v) is 5.49. The first kappa shape index (κ1) is 17.5. The normalized spacial score (nSPS) is 14.6. The van der Waals surface area contributed by atoms with E-state index in [9.17, 15) is 4.55 Å². The lowest BCUT2D eigenvalue weighted by atomic mass is 10.0. The fraction of sp³-hybridized carbons (Fsp3) is 0.353. The minimum absolute atomic E-state index is 0.113. The lowest BCUT2D eigenvalue weighted by Crippen LogP contribution is -2.42. The van der Waals surface area contributed by atoms with Gasteiger partial charge in [0.2, 0.25) is 0 Å². The van der Waals surface area contributed by atoms with Crippen LogP contribution in [0.1, 0.15) is 38.1 Å². The van der Waals surface area contributed by atoms with Gasteiger partial charge in [0.1, 0.15) is 4.75 Å². The minimum Gasteiger partial charge on any atom is -0.598 e. The van der Waals surface area contributed by atoms with Gasteiger partial charge in [0, 0.05) is 22.0 Å². The molecular formula is C17H21BrN2OS. The number of hydrogen-bond donors (Lipinski definition) is 1. The van der Waals surface area contributed by atoms with Crippen LogP contribution in [-0.4, -0.2) is 14.3 Å². The van der Waals surface area contributed by atoms with Gasteiger partial charge < -0.3 is 4.55 Å². The fourth-order valence-electron chi connectivity index (χ4n) is 2.00. The SMILES string of the molecule is CC(C)(C)[S@@+]([O-])N[C@H](Cc1ccccc1)c1ncccc1Br. The van der Waals surface area contributed by atoms with E-state index in [-0.39, 0.29) is 10.8 Å². The van der Waals surface area contributed by atoms with Crippen LogP contribution in [0.2, 0.25) is 0 Å². The molecule has 5 heteroatoms. The van der Waals surface area contributed by atoms with E-state index in [0.717, 1.165) is 16.6 Å². The number of nitrogens with one attached hydrogen (secondary N) is 1. The molecule has 0 unspecified atom stereocenters. The average Bonchev–Trinajstić information content (AvgIpc) is 2.47. The Morgan fingerprint density at radius 1 is 1.18 bits per heavy atom. The summed E-state index contributed by atoms with van der Waals surface area (Å²) >= 11 is 2.39. The highest BCUT2D eigenvalue weighted by atomic mass is 79.9. The number of benzene rings is 1. The standard InChI is InChI=1S/C17H21BrN2OS/c1-17(2,3)22(21)20-15(12-13-8-5-4-6-9-13)16-14(18)10-7-11-19-16/h4-11,15,20H,12H2,1-3H3/t15-,22-/m1/s1. The van der Waals surface area contributed by atoms with Gasteiger partial charge in [0.15, 0.2) is 0 Å². The first-order valence-electron chi connectivity index (χ1n) is 7.20. The van der Waals surface area contributed by atoms with Gasteiger partial charge in [-0.05, 0) is 60.8 Å². The molecule has 0 aliphatic rings. The Morgan fingerprint density at radius 3 is 2.45 bits per heavy atom. The van der Waals surface area contributed by atoms with Gasteiger partial charge >= 0.3 is 0 Å². The van der Waals surface area contributed by atoms with Crippen molar-refractivity contribution in [3.8, 4) is 0 Å². The molecule has 0 amide bonds. The maximum Gasteiger partial charge on any atom is 0.136 e. The minimum atomic E-state index is -1.16. The highest BCUT2D eigenvalue weighted by Crippen LogP contribution is 2.26. The molecular weight excluding hydrogens is 360 g/mol. The van der Waals surface area contributed by atoms with Crippen LogP contribution in [0.3, 0.4) is 0 Å². The van der Waals surface area contributed by atoms with E-state index in [1.54, 1.807) is 6.20 Å². The van der Waals surface area contributed by atoms with Crippen molar-refractivity contribution >= 4 is 27.3 Å². The number of pyridine rings is 1. The molecule has 0 saturated heterocycles. The lowest BCUT2D eigenvalue weighted by Gasteiger charge is -2.28. The van der Waals surface area contributed by atoms with Crippen LogP contribution in [-0.2, 0) is 17.8 Å². The molecule has 0 bridgehead atoms. The molecule has 0 radical (unpaired) electrons. The molecule has 1 aromatic heterocycles. The summed E-state index contributed by atoms with van der Waals surface area (Å²) < 4.78 is 16.4. The Labute approximate surface area is 144 Å². The topological polar surface area (TPSA) is 48.0 Å². The maximum absolute atomic E-state index is 12.5. The molecule has 118 valence electrons. The van der Waals surface area contributed by atoms with Gasteiger partial charge in [-0.2, -0.15) is 0 Å². The summed E-state index contributed by atoms with van der Waals surface area (Å²) in [6.07, 6.45) is 2.50. The van der Waals surface area contributed by atoms with Crippen LogP contribution >= 0.6 is 15.9 Å². The second-order valence-electron chi connectivity index (χ2n) is 6.11. The third-order valence-electron chi connectivity index (χ3n) is 3.21. The summed E-state index contributed by atoms with van der Waals surface area (Å²) in [5, 5.41) is 0. The molecule has 1 aromatic carbocycles. The summed E-state index contributed by atoms with van der Waals surface area (Å²) in [6, 6.07) is 13.9.